The second-order valence-electron chi connectivity index (χ2n) is 2.88. The number of para-hydroxylation sites is 1. The van der Waals surface area contributed by atoms with Crippen molar-refractivity contribution in [2.24, 2.45) is 4.99 Å². The molecule has 0 radical (unpaired) electrons. The van der Waals surface area contributed by atoms with E-state index in [1.807, 2.05) is 18.2 Å². The van der Waals surface area contributed by atoms with Crippen molar-refractivity contribution < 1.29 is 0 Å². The molecule has 2 N–H and O–H groups in total. The standard InChI is InChI=1S/C9H9Br2N3.ClH/c10-6-2-1-3-7(11)8(6)14-9-12-4-5-13-9;/h1-3H,4-5H2,(H2,12,13,14);1H. The van der Waals surface area contributed by atoms with Crippen LogP contribution in [0.1, 0.15) is 0 Å². The first-order valence-corrected chi connectivity index (χ1v) is 5.85. The normalized spacial score (nSPS) is 13.9. The fourth-order valence-electron chi connectivity index (χ4n) is 1.22. The van der Waals surface area contributed by atoms with Crippen LogP contribution in [-0.4, -0.2) is 19.0 Å². The SMILES string of the molecule is Brc1cccc(Br)c1NC1=NCCN1.Cl. The average molecular weight is 355 g/mol. The molecule has 0 unspecified atom stereocenters. The Labute approximate surface area is 111 Å². The van der Waals surface area contributed by atoms with E-state index in [2.05, 4.69) is 47.5 Å². The van der Waals surface area contributed by atoms with Gasteiger partial charge in [-0.2, -0.15) is 0 Å². The lowest BCUT2D eigenvalue weighted by Gasteiger charge is -2.10. The molecule has 0 amide bonds. The van der Waals surface area contributed by atoms with Gasteiger partial charge < -0.3 is 10.6 Å². The van der Waals surface area contributed by atoms with Crippen molar-refractivity contribution in [2.45, 2.75) is 0 Å². The van der Waals surface area contributed by atoms with Crippen LogP contribution in [0.4, 0.5) is 5.69 Å². The van der Waals surface area contributed by atoms with Crippen LogP contribution in [0.15, 0.2) is 32.1 Å². The van der Waals surface area contributed by atoms with Gasteiger partial charge in [0.05, 0.1) is 12.2 Å². The second kappa shape index (κ2) is 5.72. The van der Waals surface area contributed by atoms with E-state index in [9.17, 15) is 0 Å². The van der Waals surface area contributed by atoms with Crippen molar-refractivity contribution in [3.05, 3.63) is 27.1 Å². The summed E-state index contributed by atoms with van der Waals surface area (Å²) in [5.41, 5.74) is 1.00. The van der Waals surface area contributed by atoms with E-state index in [1.165, 1.54) is 0 Å². The minimum absolute atomic E-state index is 0. The topological polar surface area (TPSA) is 36.4 Å². The average Bonchev–Trinajstić information content (AvgIpc) is 2.64. The van der Waals surface area contributed by atoms with Crippen molar-refractivity contribution in [3.63, 3.8) is 0 Å². The van der Waals surface area contributed by atoms with E-state index in [4.69, 9.17) is 0 Å². The Hall–Kier alpha value is -0.260. The first-order chi connectivity index (χ1) is 6.77. The van der Waals surface area contributed by atoms with Gasteiger partial charge in [0.25, 0.3) is 0 Å². The third-order valence-corrected chi connectivity index (χ3v) is 3.20. The highest BCUT2D eigenvalue weighted by atomic mass is 79.9. The Kier molecular flexibility index (Phi) is 4.89. The highest BCUT2D eigenvalue weighted by molar-refractivity contribution is 9.11. The van der Waals surface area contributed by atoms with Gasteiger partial charge in [-0.25, -0.2) is 0 Å². The summed E-state index contributed by atoms with van der Waals surface area (Å²) >= 11 is 6.96. The molecule has 6 heteroatoms. The van der Waals surface area contributed by atoms with E-state index in [-0.39, 0.29) is 12.4 Å². The van der Waals surface area contributed by atoms with E-state index in [1.54, 1.807) is 0 Å². The number of hydrogen-bond donors (Lipinski definition) is 2. The highest BCUT2D eigenvalue weighted by Gasteiger charge is 2.09. The van der Waals surface area contributed by atoms with Gasteiger partial charge in [-0.15, -0.1) is 12.4 Å². The van der Waals surface area contributed by atoms with E-state index in [0.717, 1.165) is 33.7 Å². The predicted molar refractivity (Wildman–Crippen MR) is 73.0 cm³/mol. The number of nitrogens with one attached hydrogen (secondary N) is 2. The molecule has 0 saturated heterocycles. The van der Waals surface area contributed by atoms with Gasteiger partial charge in [0, 0.05) is 15.5 Å². The third-order valence-electron chi connectivity index (χ3n) is 1.88. The number of hydrogen-bond acceptors (Lipinski definition) is 3. The van der Waals surface area contributed by atoms with Crippen molar-refractivity contribution in [1.29, 1.82) is 0 Å². The maximum Gasteiger partial charge on any atom is 0.195 e. The highest BCUT2D eigenvalue weighted by Crippen LogP contribution is 2.30. The van der Waals surface area contributed by atoms with Gasteiger partial charge >= 0.3 is 0 Å². The summed E-state index contributed by atoms with van der Waals surface area (Å²) in [6.07, 6.45) is 0. The van der Waals surface area contributed by atoms with Crippen molar-refractivity contribution in [1.82, 2.24) is 5.32 Å². The zero-order valence-corrected chi connectivity index (χ0v) is 11.7. The molecule has 2 rings (SSSR count). The molecule has 1 aliphatic rings. The monoisotopic (exact) mass is 353 g/mol. The molecule has 0 bridgehead atoms. The minimum atomic E-state index is 0. The number of benzene rings is 1. The Balaban J connectivity index is 0.00000112. The van der Waals surface area contributed by atoms with Crippen molar-refractivity contribution >= 4 is 55.9 Å². The summed E-state index contributed by atoms with van der Waals surface area (Å²) in [4.78, 5) is 4.27. The van der Waals surface area contributed by atoms with Crippen LogP contribution < -0.4 is 10.6 Å². The van der Waals surface area contributed by atoms with Crippen LogP contribution in [0.25, 0.3) is 0 Å². The molecule has 3 nitrogen and oxygen atoms in total. The lowest BCUT2D eigenvalue weighted by atomic mass is 10.3. The number of guanidine groups is 1. The van der Waals surface area contributed by atoms with Crippen LogP contribution in [0, 0.1) is 0 Å². The largest absolute Gasteiger partial charge is 0.354 e. The maximum atomic E-state index is 4.27. The summed E-state index contributed by atoms with van der Waals surface area (Å²) in [6.45, 7) is 1.74. The smallest absolute Gasteiger partial charge is 0.195 e. The molecule has 1 aliphatic heterocycles. The molecule has 0 spiro atoms. The summed E-state index contributed by atoms with van der Waals surface area (Å²) in [6, 6.07) is 5.95. The van der Waals surface area contributed by atoms with Crippen LogP contribution in [-0.2, 0) is 0 Å². The van der Waals surface area contributed by atoms with Gasteiger partial charge in [-0.3, -0.25) is 4.99 Å². The summed E-state index contributed by atoms with van der Waals surface area (Å²) < 4.78 is 2.03. The lowest BCUT2D eigenvalue weighted by molar-refractivity contribution is 0.959. The summed E-state index contributed by atoms with van der Waals surface area (Å²) in [7, 11) is 0. The molecule has 15 heavy (non-hydrogen) atoms. The molecule has 0 atom stereocenters. The fraction of sp³-hybridized carbons (Fsp3) is 0.222. The molecule has 0 aromatic heterocycles. The van der Waals surface area contributed by atoms with Crippen LogP contribution >= 0.6 is 44.3 Å². The molecular weight excluding hydrogens is 345 g/mol. The molecule has 1 aromatic carbocycles. The van der Waals surface area contributed by atoms with Gasteiger partial charge in [0.15, 0.2) is 5.96 Å². The Bertz CT molecular complexity index is 361. The van der Waals surface area contributed by atoms with Crippen LogP contribution in [0.2, 0.25) is 0 Å². The zero-order chi connectivity index (χ0) is 9.97. The Morgan fingerprint density at radius 3 is 2.47 bits per heavy atom. The Morgan fingerprint density at radius 1 is 1.27 bits per heavy atom. The number of nitrogens with zero attached hydrogens (tertiary/aromatic N) is 1. The first-order valence-electron chi connectivity index (χ1n) is 4.27. The number of anilines is 1. The van der Waals surface area contributed by atoms with E-state index in [0.29, 0.717) is 0 Å². The van der Waals surface area contributed by atoms with Gasteiger partial charge in [-0.05, 0) is 44.0 Å². The second-order valence-corrected chi connectivity index (χ2v) is 4.59. The summed E-state index contributed by atoms with van der Waals surface area (Å²) in [5.74, 6) is 0.831. The molecule has 0 aliphatic carbocycles. The van der Waals surface area contributed by atoms with Gasteiger partial charge in [-0.1, -0.05) is 6.07 Å². The van der Waals surface area contributed by atoms with Gasteiger partial charge in [0.1, 0.15) is 0 Å². The van der Waals surface area contributed by atoms with E-state index >= 15 is 0 Å². The first kappa shape index (κ1) is 12.8. The van der Waals surface area contributed by atoms with Crippen molar-refractivity contribution in [3.8, 4) is 0 Å². The third kappa shape index (κ3) is 3.09. The number of rotatable bonds is 1. The van der Waals surface area contributed by atoms with Gasteiger partial charge in [0.2, 0.25) is 0 Å². The molecular formula is C9H10Br2ClN3. The van der Waals surface area contributed by atoms with Crippen LogP contribution in [0.5, 0.6) is 0 Å². The zero-order valence-electron chi connectivity index (χ0n) is 7.76. The maximum absolute atomic E-state index is 4.27. The number of halogens is 3. The summed E-state index contributed by atoms with van der Waals surface area (Å²) in [5, 5.41) is 6.38. The molecule has 0 fully saturated rings. The molecule has 82 valence electrons. The lowest BCUT2D eigenvalue weighted by Crippen LogP contribution is -2.26. The predicted octanol–water partition coefficient (Wildman–Crippen LogP) is 3.00. The fourth-order valence-corrected chi connectivity index (χ4v) is 2.41. The minimum Gasteiger partial charge on any atom is -0.354 e. The van der Waals surface area contributed by atoms with Crippen LogP contribution in [0.3, 0.4) is 0 Å². The number of aliphatic imine (C=N–C) groups is 1. The van der Waals surface area contributed by atoms with E-state index < -0.39 is 0 Å². The Morgan fingerprint density at radius 2 is 1.93 bits per heavy atom. The quantitative estimate of drug-likeness (QED) is 0.812. The molecule has 1 heterocycles. The molecule has 1 aromatic rings. The molecule has 0 saturated carbocycles. The van der Waals surface area contributed by atoms with Crippen molar-refractivity contribution in [2.75, 3.05) is 18.4 Å².